The van der Waals surface area contributed by atoms with Crippen molar-refractivity contribution in [2.75, 3.05) is 26.4 Å². The molecule has 232 valence electrons. The molecule has 7 heteroatoms. The van der Waals surface area contributed by atoms with Gasteiger partial charge in [0.05, 0.1) is 38.1 Å². The van der Waals surface area contributed by atoms with Crippen molar-refractivity contribution in [1.82, 2.24) is 0 Å². The molecule has 0 saturated carbocycles. The summed E-state index contributed by atoms with van der Waals surface area (Å²) in [6.45, 7) is 13.5. The van der Waals surface area contributed by atoms with E-state index >= 15 is 0 Å². The number of hydrogen-bond acceptors (Lipinski definition) is 7. The third kappa shape index (κ3) is 26.8. The summed E-state index contributed by atoms with van der Waals surface area (Å²) in [5.41, 5.74) is 0. The van der Waals surface area contributed by atoms with Crippen LogP contribution in [0.2, 0.25) is 0 Å². The Morgan fingerprint density at radius 2 is 0.821 bits per heavy atom. The molecule has 0 aromatic carbocycles. The van der Waals surface area contributed by atoms with Crippen molar-refractivity contribution < 1.29 is 33.3 Å². The molecule has 0 aliphatic carbocycles. The standard InChI is InChI=1S/C32H62O7/c1-7-9-11-13-15-17-19-21-31(33)38-25-29(5)36-23-27(3)35-24-28(4)37-26-30(6)39-32(34)22-20-18-16-14-12-10-8-2/h27-30H,7-26H2,1-6H3. The van der Waals surface area contributed by atoms with E-state index in [0.29, 0.717) is 32.7 Å². The lowest BCUT2D eigenvalue weighted by atomic mass is 10.1. The Morgan fingerprint density at radius 3 is 1.28 bits per heavy atom. The first kappa shape index (κ1) is 37.8. The fraction of sp³-hybridized carbons (Fsp3) is 0.938. The van der Waals surface area contributed by atoms with Crippen LogP contribution in [0.1, 0.15) is 144 Å². The van der Waals surface area contributed by atoms with Crippen LogP contribution in [-0.2, 0) is 33.3 Å². The van der Waals surface area contributed by atoms with Gasteiger partial charge in [0, 0.05) is 12.8 Å². The molecule has 0 fully saturated rings. The summed E-state index contributed by atoms with van der Waals surface area (Å²) in [5.74, 6) is -0.293. The first-order valence-corrected chi connectivity index (χ1v) is 16.0. The largest absolute Gasteiger partial charge is 0.463 e. The summed E-state index contributed by atoms with van der Waals surface area (Å²) >= 11 is 0. The molecule has 0 spiro atoms. The van der Waals surface area contributed by atoms with Crippen LogP contribution in [0.4, 0.5) is 0 Å². The van der Waals surface area contributed by atoms with Gasteiger partial charge in [0.25, 0.3) is 0 Å². The van der Waals surface area contributed by atoms with E-state index in [9.17, 15) is 9.59 Å². The number of esters is 2. The fourth-order valence-electron chi connectivity index (χ4n) is 4.10. The average Bonchev–Trinajstić information content (AvgIpc) is 2.91. The van der Waals surface area contributed by atoms with E-state index in [2.05, 4.69) is 13.8 Å². The Kier molecular flexibility index (Phi) is 26.2. The summed E-state index contributed by atoms with van der Waals surface area (Å²) < 4.78 is 28.2. The first-order chi connectivity index (χ1) is 18.8. The lowest BCUT2D eigenvalue weighted by Gasteiger charge is -2.21. The van der Waals surface area contributed by atoms with Gasteiger partial charge in [-0.15, -0.1) is 0 Å². The molecule has 0 aromatic rings. The van der Waals surface area contributed by atoms with Crippen molar-refractivity contribution in [1.29, 1.82) is 0 Å². The zero-order valence-electron chi connectivity index (χ0n) is 26.3. The van der Waals surface area contributed by atoms with Gasteiger partial charge in [-0.2, -0.15) is 0 Å². The van der Waals surface area contributed by atoms with Crippen molar-refractivity contribution in [3.8, 4) is 0 Å². The molecule has 4 unspecified atom stereocenters. The predicted octanol–water partition coefficient (Wildman–Crippen LogP) is 7.96. The van der Waals surface area contributed by atoms with Gasteiger partial charge < -0.3 is 23.7 Å². The molecule has 0 aliphatic heterocycles. The van der Waals surface area contributed by atoms with Crippen molar-refractivity contribution >= 4 is 11.9 Å². The highest BCUT2D eigenvalue weighted by molar-refractivity contribution is 5.69. The number of carbonyl (C=O) groups excluding carboxylic acids is 2. The molecule has 39 heavy (non-hydrogen) atoms. The van der Waals surface area contributed by atoms with Gasteiger partial charge in [0.15, 0.2) is 0 Å². The zero-order chi connectivity index (χ0) is 29.1. The number of rotatable bonds is 28. The number of hydrogen-bond donors (Lipinski definition) is 0. The van der Waals surface area contributed by atoms with Crippen LogP contribution in [0, 0.1) is 0 Å². The molecule has 0 N–H and O–H groups in total. The number of unbranched alkanes of at least 4 members (excludes halogenated alkanes) is 12. The van der Waals surface area contributed by atoms with Gasteiger partial charge in [-0.05, 0) is 40.5 Å². The van der Waals surface area contributed by atoms with E-state index < -0.39 is 0 Å². The van der Waals surface area contributed by atoms with Crippen molar-refractivity contribution in [2.45, 2.75) is 169 Å². The Bertz CT molecular complexity index is 569. The zero-order valence-corrected chi connectivity index (χ0v) is 26.3. The molecule has 0 amide bonds. The molecular formula is C32H62O7. The number of ether oxygens (including phenoxy) is 5. The topological polar surface area (TPSA) is 80.3 Å². The third-order valence-corrected chi connectivity index (χ3v) is 6.63. The molecule has 0 heterocycles. The lowest BCUT2D eigenvalue weighted by molar-refractivity contribution is -0.153. The summed E-state index contributed by atoms with van der Waals surface area (Å²) in [6.07, 6.45) is 16.8. The molecule has 0 saturated heterocycles. The van der Waals surface area contributed by atoms with Gasteiger partial charge in [-0.1, -0.05) is 90.9 Å². The second-order valence-corrected chi connectivity index (χ2v) is 11.2. The average molecular weight is 559 g/mol. The monoisotopic (exact) mass is 558 g/mol. The molecule has 7 nitrogen and oxygen atoms in total. The minimum atomic E-state index is -0.278. The second kappa shape index (κ2) is 27.0. The maximum Gasteiger partial charge on any atom is 0.306 e. The Morgan fingerprint density at radius 1 is 0.462 bits per heavy atom. The van der Waals surface area contributed by atoms with Gasteiger partial charge >= 0.3 is 11.9 Å². The maximum atomic E-state index is 12.0. The van der Waals surface area contributed by atoms with Crippen molar-refractivity contribution in [2.24, 2.45) is 0 Å². The third-order valence-electron chi connectivity index (χ3n) is 6.63. The highest BCUT2D eigenvalue weighted by atomic mass is 16.6. The van der Waals surface area contributed by atoms with Crippen molar-refractivity contribution in [3.05, 3.63) is 0 Å². The van der Waals surface area contributed by atoms with Crippen LogP contribution in [-0.4, -0.2) is 62.8 Å². The van der Waals surface area contributed by atoms with E-state index in [1.807, 2.05) is 27.7 Å². The minimum Gasteiger partial charge on any atom is -0.463 e. The van der Waals surface area contributed by atoms with Gasteiger partial charge in [0.1, 0.15) is 12.7 Å². The van der Waals surface area contributed by atoms with Crippen LogP contribution < -0.4 is 0 Å². The summed E-state index contributed by atoms with van der Waals surface area (Å²) in [4.78, 5) is 23.9. The minimum absolute atomic E-state index is 0.112. The SMILES string of the molecule is CCCCCCCCCC(=O)OCC(C)OCC(C)OCC(C)OCC(C)OC(=O)CCCCCCCCC. The highest BCUT2D eigenvalue weighted by Crippen LogP contribution is 2.11. The quantitative estimate of drug-likeness (QED) is 0.0712. The number of carbonyl (C=O) groups is 2. The fourth-order valence-corrected chi connectivity index (χ4v) is 4.10. The second-order valence-electron chi connectivity index (χ2n) is 11.2. The Labute approximate surface area is 240 Å². The van der Waals surface area contributed by atoms with Crippen LogP contribution >= 0.6 is 0 Å². The molecule has 0 aliphatic rings. The predicted molar refractivity (Wildman–Crippen MR) is 158 cm³/mol. The van der Waals surface area contributed by atoms with Crippen LogP contribution in [0.25, 0.3) is 0 Å². The van der Waals surface area contributed by atoms with E-state index in [1.165, 1.54) is 64.2 Å². The first-order valence-electron chi connectivity index (χ1n) is 16.0. The molecule has 0 rings (SSSR count). The van der Waals surface area contributed by atoms with Gasteiger partial charge in [0.2, 0.25) is 0 Å². The Balaban J connectivity index is 3.74. The molecular weight excluding hydrogens is 496 g/mol. The van der Waals surface area contributed by atoms with E-state index in [0.717, 1.165) is 25.7 Å². The van der Waals surface area contributed by atoms with Crippen LogP contribution in [0.15, 0.2) is 0 Å². The van der Waals surface area contributed by atoms with Gasteiger partial charge in [-0.25, -0.2) is 0 Å². The summed E-state index contributed by atoms with van der Waals surface area (Å²) in [6, 6.07) is 0. The van der Waals surface area contributed by atoms with Gasteiger partial charge in [-0.3, -0.25) is 9.59 Å². The Hall–Kier alpha value is -1.18. The van der Waals surface area contributed by atoms with E-state index in [4.69, 9.17) is 23.7 Å². The van der Waals surface area contributed by atoms with Crippen molar-refractivity contribution in [3.63, 3.8) is 0 Å². The maximum absolute atomic E-state index is 12.0. The normalized spacial score (nSPS) is 14.5. The molecule has 0 radical (unpaired) electrons. The highest BCUT2D eigenvalue weighted by Gasteiger charge is 2.14. The van der Waals surface area contributed by atoms with E-state index in [-0.39, 0.29) is 43.0 Å². The summed E-state index contributed by atoms with van der Waals surface area (Å²) in [5, 5.41) is 0. The van der Waals surface area contributed by atoms with Crippen LogP contribution in [0.3, 0.4) is 0 Å². The molecule has 0 aromatic heterocycles. The van der Waals surface area contributed by atoms with Crippen LogP contribution in [0.5, 0.6) is 0 Å². The lowest BCUT2D eigenvalue weighted by Crippen LogP contribution is -2.29. The molecule has 4 atom stereocenters. The van der Waals surface area contributed by atoms with E-state index in [1.54, 1.807) is 0 Å². The summed E-state index contributed by atoms with van der Waals surface area (Å²) in [7, 11) is 0. The smallest absolute Gasteiger partial charge is 0.306 e. The molecule has 0 bridgehead atoms.